The molecule has 0 aliphatic carbocycles. The van der Waals surface area contributed by atoms with Gasteiger partial charge in [-0.15, -0.1) is 5.10 Å². The Morgan fingerprint density at radius 3 is 2.76 bits per heavy atom. The van der Waals surface area contributed by atoms with Crippen molar-refractivity contribution in [3.8, 4) is 11.6 Å². The molecule has 1 atom stereocenters. The van der Waals surface area contributed by atoms with E-state index >= 15 is 0 Å². The molecule has 2 aromatic heterocycles. The van der Waals surface area contributed by atoms with Gasteiger partial charge in [0.1, 0.15) is 19.0 Å². The molecule has 178 valence electrons. The number of pyridine rings is 1. The normalized spacial score (nSPS) is 20.6. The van der Waals surface area contributed by atoms with Crippen LogP contribution in [0.2, 0.25) is 0 Å². The number of ether oxygens (including phenoxy) is 2. The molecular formula is C25H28FN5O3. The largest absolute Gasteiger partial charge is 0.484 e. The van der Waals surface area contributed by atoms with Crippen molar-refractivity contribution in [2.75, 3.05) is 32.8 Å². The van der Waals surface area contributed by atoms with Crippen molar-refractivity contribution in [3.63, 3.8) is 0 Å². The van der Waals surface area contributed by atoms with Crippen LogP contribution in [0, 0.1) is 5.82 Å². The fraction of sp³-hybridized carbons (Fsp3) is 0.480. The molecule has 1 unspecified atom stereocenters. The van der Waals surface area contributed by atoms with Crippen molar-refractivity contribution >= 4 is 10.9 Å². The third kappa shape index (κ3) is 4.03. The number of aryl methyl sites for hydroxylation is 1. The number of aromatic nitrogens is 3. The standard InChI is InChI=1S/C25H28FN5O3/c26-21-5-1-16-2-6-23(32)31-19(3-4-20(21)24(16)31)15-30-9-7-17(8-10-30)27-14-18-13-22-25(29-28-18)34-12-11-33-22/h1-2,5-6,13,17,19,27H,3-4,7-12,14-15H2. The molecule has 8 nitrogen and oxygen atoms in total. The van der Waals surface area contributed by atoms with Crippen molar-refractivity contribution in [1.82, 2.24) is 25.0 Å². The van der Waals surface area contributed by atoms with E-state index in [4.69, 9.17) is 9.47 Å². The molecule has 3 aliphatic rings. The minimum Gasteiger partial charge on any atom is -0.484 e. The molecule has 0 bridgehead atoms. The maximum Gasteiger partial charge on any atom is 0.276 e. The van der Waals surface area contributed by atoms with Gasteiger partial charge in [-0.25, -0.2) is 4.39 Å². The van der Waals surface area contributed by atoms with Gasteiger partial charge in [-0.3, -0.25) is 4.79 Å². The molecule has 34 heavy (non-hydrogen) atoms. The van der Waals surface area contributed by atoms with Gasteiger partial charge < -0.3 is 24.3 Å². The second kappa shape index (κ2) is 8.96. The molecule has 0 spiro atoms. The molecule has 0 radical (unpaired) electrons. The number of piperidine rings is 1. The van der Waals surface area contributed by atoms with Crippen molar-refractivity contribution in [1.29, 1.82) is 0 Å². The minimum absolute atomic E-state index is 0.0406. The van der Waals surface area contributed by atoms with Crippen LogP contribution in [0.15, 0.2) is 35.1 Å². The molecule has 9 heteroatoms. The fourth-order valence-corrected chi connectivity index (χ4v) is 5.46. The Hall–Kier alpha value is -3.04. The van der Waals surface area contributed by atoms with Crippen LogP contribution in [-0.4, -0.2) is 58.6 Å². The van der Waals surface area contributed by atoms with E-state index in [1.54, 1.807) is 12.1 Å². The lowest BCUT2D eigenvalue weighted by molar-refractivity contribution is 0.161. The minimum atomic E-state index is -0.208. The van der Waals surface area contributed by atoms with E-state index in [0.717, 1.165) is 55.5 Å². The van der Waals surface area contributed by atoms with E-state index < -0.39 is 0 Å². The smallest absolute Gasteiger partial charge is 0.276 e. The third-order valence-electron chi connectivity index (χ3n) is 7.22. The highest BCUT2D eigenvalue weighted by Gasteiger charge is 2.28. The number of hydrogen-bond acceptors (Lipinski definition) is 7. The molecule has 0 saturated carbocycles. The van der Waals surface area contributed by atoms with Gasteiger partial charge in [0.2, 0.25) is 0 Å². The quantitative estimate of drug-likeness (QED) is 0.620. The fourth-order valence-electron chi connectivity index (χ4n) is 5.46. The number of likely N-dealkylation sites (tertiary alicyclic amines) is 1. The summed E-state index contributed by atoms with van der Waals surface area (Å²) in [6.45, 7) is 4.41. The topological polar surface area (TPSA) is 81.5 Å². The number of fused-ring (bicyclic) bond motifs is 1. The molecule has 1 N–H and O–H groups in total. The summed E-state index contributed by atoms with van der Waals surface area (Å²) in [5.74, 6) is 0.915. The number of rotatable bonds is 5. The van der Waals surface area contributed by atoms with Crippen LogP contribution in [-0.2, 0) is 13.0 Å². The van der Waals surface area contributed by atoms with Gasteiger partial charge in [0.05, 0.1) is 17.3 Å². The van der Waals surface area contributed by atoms with Crippen LogP contribution in [0.3, 0.4) is 0 Å². The van der Waals surface area contributed by atoms with Gasteiger partial charge in [0.25, 0.3) is 11.4 Å². The zero-order chi connectivity index (χ0) is 23.1. The summed E-state index contributed by atoms with van der Waals surface area (Å²) < 4.78 is 27.3. The Balaban J connectivity index is 1.07. The van der Waals surface area contributed by atoms with E-state index in [9.17, 15) is 9.18 Å². The van der Waals surface area contributed by atoms with E-state index in [0.29, 0.717) is 49.4 Å². The van der Waals surface area contributed by atoms with Crippen LogP contribution in [0.5, 0.6) is 11.6 Å². The van der Waals surface area contributed by atoms with Crippen LogP contribution in [0.1, 0.15) is 36.6 Å². The molecule has 0 amide bonds. The summed E-state index contributed by atoms with van der Waals surface area (Å²) in [6.07, 6.45) is 3.50. The summed E-state index contributed by atoms with van der Waals surface area (Å²) in [7, 11) is 0. The van der Waals surface area contributed by atoms with Gasteiger partial charge in [-0.05, 0) is 62.4 Å². The first kappa shape index (κ1) is 21.5. The SMILES string of the molecule is O=c1ccc2ccc(F)c3c2n1C(CN1CCC(NCc2cc4c(nn2)OCCO4)CC1)CC3. The number of hydrogen-bond donors (Lipinski definition) is 1. The summed E-state index contributed by atoms with van der Waals surface area (Å²) in [4.78, 5) is 15.2. The first-order valence-corrected chi connectivity index (χ1v) is 12.1. The van der Waals surface area contributed by atoms with Gasteiger partial charge in [0, 0.05) is 36.8 Å². The maximum absolute atomic E-state index is 14.4. The average Bonchev–Trinajstić information content (AvgIpc) is 2.87. The van der Waals surface area contributed by atoms with Crippen LogP contribution < -0.4 is 20.3 Å². The Kier molecular flexibility index (Phi) is 5.66. The van der Waals surface area contributed by atoms with Gasteiger partial charge >= 0.3 is 0 Å². The monoisotopic (exact) mass is 465 g/mol. The molecule has 1 saturated heterocycles. The van der Waals surface area contributed by atoms with E-state index in [2.05, 4.69) is 20.4 Å². The molecule has 1 fully saturated rings. The van der Waals surface area contributed by atoms with Crippen molar-refractivity contribution < 1.29 is 13.9 Å². The van der Waals surface area contributed by atoms with Crippen LogP contribution in [0.25, 0.3) is 10.9 Å². The lowest BCUT2D eigenvalue weighted by atomic mass is 9.95. The molecule has 1 aromatic carbocycles. The first-order valence-electron chi connectivity index (χ1n) is 12.1. The lowest BCUT2D eigenvalue weighted by Crippen LogP contribution is -2.45. The Labute approximate surface area is 196 Å². The Morgan fingerprint density at radius 1 is 1.06 bits per heavy atom. The predicted molar refractivity (Wildman–Crippen MR) is 125 cm³/mol. The number of nitrogens with zero attached hydrogens (tertiary/aromatic N) is 4. The highest BCUT2D eigenvalue weighted by atomic mass is 19.1. The second-order valence-corrected chi connectivity index (χ2v) is 9.36. The van der Waals surface area contributed by atoms with Gasteiger partial charge in [-0.2, -0.15) is 5.10 Å². The summed E-state index contributed by atoms with van der Waals surface area (Å²) in [5.41, 5.74) is 2.26. The molecule has 3 aromatic rings. The van der Waals surface area contributed by atoms with Crippen molar-refractivity contribution in [2.45, 2.75) is 44.3 Å². The second-order valence-electron chi connectivity index (χ2n) is 9.36. The third-order valence-corrected chi connectivity index (χ3v) is 7.22. The zero-order valence-corrected chi connectivity index (χ0v) is 19.0. The Morgan fingerprint density at radius 2 is 1.88 bits per heavy atom. The van der Waals surface area contributed by atoms with Crippen molar-refractivity contribution in [2.24, 2.45) is 0 Å². The van der Waals surface area contributed by atoms with E-state index in [1.165, 1.54) is 6.07 Å². The Bertz CT molecular complexity index is 1270. The zero-order valence-electron chi connectivity index (χ0n) is 19.0. The lowest BCUT2D eigenvalue weighted by Gasteiger charge is -2.37. The van der Waals surface area contributed by atoms with Gasteiger partial charge in [-0.1, -0.05) is 0 Å². The van der Waals surface area contributed by atoms with Crippen LogP contribution >= 0.6 is 0 Å². The number of nitrogens with one attached hydrogen (secondary N) is 1. The molecule has 5 heterocycles. The van der Waals surface area contributed by atoms with E-state index in [-0.39, 0.29) is 17.4 Å². The number of halogens is 1. The highest BCUT2D eigenvalue weighted by molar-refractivity contribution is 5.83. The molecule has 6 rings (SSSR count). The van der Waals surface area contributed by atoms with Crippen molar-refractivity contribution in [3.05, 3.63) is 57.8 Å². The van der Waals surface area contributed by atoms with Gasteiger partial charge in [0.15, 0.2) is 5.75 Å². The molecule has 3 aliphatic heterocycles. The van der Waals surface area contributed by atoms with Crippen LogP contribution in [0.4, 0.5) is 4.39 Å². The molecular weight excluding hydrogens is 437 g/mol. The maximum atomic E-state index is 14.4. The summed E-state index contributed by atoms with van der Waals surface area (Å²) in [6, 6.07) is 9.08. The first-order chi connectivity index (χ1) is 16.7. The number of benzene rings is 1. The predicted octanol–water partition coefficient (Wildman–Crippen LogP) is 2.44. The average molecular weight is 466 g/mol. The summed E-state index contributed by atoms with van der Waals surface area (Å²) in [5, 5.41) is 12.9. The summed E-state index contributed by atoms with van der Waals surface area (Å²) >= 11 is 0. The van der Waals surface area contributed by atoms with E-state index in [1.807, 2.05) is 16.7 Å². The highest BCUT2D eigenvalue weighted by Crippen LogP contribution is 2.32.